The Morgan fingerprint density at radius 3 is 2.54 bits per heavy atom. The van der Waals surface area contributed by atoms with Crippen molar-refractivity contribution < 1.29 is 27.1 Å². The molecule has 1 saturated heterocycles. The summed E-state index contributed by atoms with van der Waals surface area (Å²) >= 11 is 0. The van der Waals surface area contributed by atoms with E-state index in [-0.39, 0.29) is 12.4 Å². The summed E-state index contributed by atoms with van der Waals surface area (Å²) in [5.41, 5.74) is 2.08. The van der Waals surface area contributed by atoms with E-state index in [0.717, 1.165) is 16.2 Å². The predicted molar refractivity (Wildman–Crippen MR) is 132 cm³/mol. The van der Waals surface area contributed by atoms with Crippen LogP contribution in [0.4, 0.5) is 10.1 Å². The minimum Gasteiger partial charge on any atom is -0.493 e. The fourth-order valence-corrected chi connectivity index (χ4v) is 5.39. The van der Waals surface area contributed by atoms with Crippen molar-refractivity contribution in [1.29, 1.82) is 0 Å². The van der Waals surface area contributed by atoms with Gasteiger partial charge in [0.05, 0.1) is 32.5 Å². The molecule has 8 nitrogen and oxygen atoms in total. The molecule has 1 aliphatic heterocycles. The Kier molecular flexibility index (Phi) is 7.11. The molecule has 0 atom stereocenters. The number of halogens is 1. The maximum absolute atomic E-state index is 13.9. The van der Waals surface area contributed by atoms with Crippen molar-refractivity contribution in [1.82, 2.24) is 9.29 Å². The Morgan fingerprint density at radius 2 is 1.89 bits per heavy atom. The number of aromatic nitrogens is 1. The Labute approximate surface area is 204 Å². The van der Waals surface area contributed by atoms with E-state index in [1.54, 1.807) is 30.5 Å². The summed E-state index contributed by atoms with van der Waals surface area (Å²) in [5, 5.41) is 0.708. The molecule has 2 aromatic carbocycles. The van der Waals surface area contributed by atoms with Crippen LogP contribution in [0.1, 0.15) is 18.4 Å². The number of benzene rings is 2. The molecule has 0 spiro atoms. The van der Waals surface area contributed by atoms with Crippen LogP contribution < -0.4 is 14.4 Å². The normalized spacial score (nSPS) is 14.7. The van der Waals surface area contributed by atoms with Gasteiger partial charge in [-0.15, -0.1) is 0 Å². The van der Waals surface area contributed by atoms with Crippen LogP contribution in [0.5, 0.6) is 11.5 Å². The number of para-hydroxylation sites is 1. The predicted octanol–water partition coefficient (Wildman–Crippen LogP) is 3.60. The molecule has 1 aromatic heterocycles. The van der Waals surface area contributed by atoms with Crippen molar-refractivity contribution in [2.45, 2.75) is 19.4 Å². The summed E-state index contributed by atoms with van der Waals surface area (Å²) in [6.45, 7) is 0.921. The number of nitrogens with zero attached hydrogens (tertiary/aromatic N) is 3. The second kappa shape index (κ2) is 10.1. The van der Waals surface area contributed by atoms with Gasteiger partial charge in [-0.2, -0.15) is 0 Å². The lowest BCUT2D eigenvalue weighted by Gasteiger charge is -2.35. The molecular formula is C25H28FN3O5S. The van der Waals surface area contributed by atoms with Crippen LogP contribution in [0.2, 0.25) is 0 Å². The number of ether oxygens (including phenoxy) is 2. The van der Waals surface area contributed by atoms with E-state index in [1.807, 2.05) is 6.07 Å². The van der Waals surface area contributed by atoms with Crippen molar-refractivity contribution in [3.8, 4) is 11.5 Å². The number of carbonyl (C=O) groups excluding carboxylic acids is 1. The average Bonchev–Trinajstić information content (AvgIpc) is 2.85. The van der Waals surface area contributed by atoms with Crippen molar-refractivity contribution in [3.05, 3.63) is 60.0 Å². The highest BCUT2D eigenvalue weighted by molar-refractivity contribution is 7.88. The first-order chi connectivity index (χ1) is 16.7. The lowest BCUT2D eigenvalue weighted by molar-refractivity contribution is -0.131. The van der Waals surface area contributed by atoms with Crippen LogP contribution in [0.3, 0.4) is 0 Å². The number of carbonyl (C=O) groups is 1. The number of amides is 1. The minimum atomic E-state index is -3.83. The standard InChI is InChI=1S/C25H28FN3O5S/c1-33-23-6-4-5-18(24(23)34-2)16-29(35(3,31)32)25(30)17-10-13-28(14-11-17)22-9-12-27-21-8-7-19(26)15-20(21)22/h4-9,12,15,17H,10-11,13-14,16H2,1-3H3. The fraction of sp³-hybridized carbons (Fsp3) is 0.360. The third kappa shape index (κ3) is 5.17. The second-order valence-electron chi connectivity index (χ2n) is 8.51. The first-order valence-corrected chi connectivity index (χ1v) is 13.1. The van der Waals surface area contributed by atoms with Crippen molar-refractivity contribution in [3.63, 3.8) is 0 Å². The molecule has 0 radical (unpaired) electrons. The van der Waals surface area contributed by atoms with Gasteiger partial charge in [-0.25, -0.2) is 17.1 Å². The quantitative estimate of drug-likeness (QED) is 0.489. The van der Waals surface area contributed by atoms with E-state index in [4.69, 9.17) is 9.47 Å². The van der Waals surface area contributed by atoms with Gasteiger partial charge >= 0.3 is 0 Å². The van der Waals surface area contributed by atoms with Crippen LogP contribution >= 0.6 is 0 Å². The number of methoxy groups -OCH3 is 2. The van der Waals surface area contributed by atoms with Gasteiger partial charge in [0.1, 0.15) is 5.82 Å². The largest absolute Gasteiger partial charge is 0.493 e. The van der Waals surface area contributed by atoms with Crippen LogP contribution in [-0.2, 0) is 21.4 Å². The first-order valence-electron chi connectivity index (χ1n) is 11.2. The van der Waals surface area contributed by atoms with Crippen molar-refractivity contribution >= 4 is 32.5 Å². The molecule has 35 heavy (non-hydrogen) atoms. The average molecular weight is 502 g/mol. The number of anilines is 1. The van der Waals surface area contributed by atoms with Gasteiger partial charge in [-0.05, 0) is 43.2 Å². The van der Waals surface area contributed by atoms with Crippen LogP contribution in [-0.4, -0.2) is 57.2 Å². The van der Waals surface area contributed by atoms with Gasteiger partial charge < -0.3 is 14.4 Å². The Hall–Kier alpha value is -3.40. The molecule has 10 heteroatoms. The molecule has 2 heterocycles. The molecule has 0 bridgehead atoms. The van der Waals surface area contributed by atoms with Crippen LogP contribution in [0.25, 0.3) is 10.9 Å². The van der Waals surface area contributed by atoms with Gasteiger partial charge in [-0.3, -0.25) is 9.78 Å². The Bertz CT molecular complexity index is 1340. The highest BCUT2D eigenvalue weighted by atomic mass is 32.2. The highest BCUT2D eigenvalue weighted by Crippen LogP contribution is 2.34. The summed E-state index contributed by atoms with van der Waals surface area (Å²) in [5.74, 6) is -0.387. The smallest absolute Gasteiger partial charge is 0.239 e. The molecule has 4 rings (SSSR count). The lowest BCUT2D eigenvalue weighted by atomic mass is 9.95. The zero-order valence-electron chi connectivity index (χ0n) is 19.9. The van der Waals surface area contributed by atoms with E-state index >= 15 is 0 Å². The zero-order valence-corrected chi connectivity index (χ0v) is 20.7. The Balaban J connectivity index is 1.53. The van der Waals surface area contributed by atoms with Crippen LogP contribution in [0, 0.1) is 11.7 Å². The summed E-state index contributed by atoms with van der Waals surface area (Å²) < 4.78 is 50.7. The van der Waals surface area contributed by atoms with Crippen molar-refractivity contribution in [2.24, 2.45) is 5.92 Å². The highest BCUT2D eigenvalue weighted by Gasteiger charge is 2.34. The lowest BCUT2D eigenvalue weighted by Crippen LogP contribution is -2.44. The summed E-state index contributed by atoms with van der Waals surface area (Å²) in [6, 6.07) is 11.5. The fourth-order valence-electron chi connectivity index (χ4n) is 4.54. The van der Waals surface area contributed by atoms with Crippen LogP contribution in [0.15, 0.2) is 48.7 Å². The third-order valence-electron chi connectivity index (χ3n) is 6.31. The molecule has 1 amide bonds. The number of hydrogen-bond donors (Lipinski definition) is 0. The number of piperidine rings is 1. The number of sulfonamides is 1. The van der Waals surface area contributed by atoms with E-state index < -0.39 is 21.8 Å². The van der Waals surface area contributed by atoms with Gasteiger partial charge in [0.2, 0.25) is 15.9 Å². The van der Waals surface area contributed by atoms with Gasteiger partial charge in [0.25, 0.3) is 0 Å². The molecule has 186 valence electrons. The van der Waals surface area contributed by atoms with E-state index in [9.17, 15) is 17.6 Å². The zero-order chi connectivity index (χ0) is 25.2. The maximum Gasteiger partial charge on any atom is 0.239 e. The van der Waals surface area contributed by atoms with E-state index in [1.165, 1.54) is 26.4 Å². The number of rotatable bonds is 7. The molecule has 3 aromatic rings. The monoisotopic (exact) mass is 501 g/mol. The van der Waals surface area contributed by atoms with Gasteiger partial charge in [-0.1, -0.05) is 12.1 Å². The van der Waals surface area contributed by atoms with Crippen molar-refractivity contribution in [2.75, 3.05) is 38.5 Å². The molecule has 1 aliphatic rings. The molecule has 0 N–H and O–H groups in total. The summed E-state index contributed by atoms with van der Waals surface area (Å²) in [4.78, 5) is 19.8. The summed E-state index contributed by atoms with van der Waals surface area (Å²) in [6.07, 6.45) is 3.66. The molecule has 0 unspecified atom stereocenters. The third-order valence-corrected chi connectivity index (χ3v) is 7.42. The van der Waals surface area contributed by atoms with Gasteiger partial charge in [0, 0.05) is 41.8 Å². The number of hydrogen-bond acceptors (Lipinski definition) is 7. The number of pyridine rings is 1. The minimum absolute atomic E-state index is 0.146. The topological polar surface area (TPSA) is 89.0 Å². The summed E-state index contributed by atoms with van der Waals surface area (Å²) in [7, 11) is -0.866. The number of fused-ring (bicyclic) bond motifs is 1. The first kappa shape index (κ1) is 24.7. The Morgan fingerprint density at radius 1 is 1.14 bits per heavy atom. The maximum atomic E-state index is 13.9. The molecule has 1 fully saturated rings. The van der Waals surface area contributed by atoms with E-state index in [2.05, 4.69) is 9.88 Å². The molecule has 0 aliphatic carbocycles. The second-order valence-corrected chi connectivity index (χ2v) is 10.4. The van der Waals surface area contributed by atoms with Gasteiger partial charge in [0.15, 0.2) is 11.5 Å². The SMILES string of the molecule is COc1cccc(CN(C(=O)C2CCN(c3ccnc4ccc(F)cc34)CC2)S(C)(=O)=O)c1OC. The molecule has 0 saturated carbocycles. The molecular weight excluding hydrogens is 473 g/mol. The van der Waals surface area contributed by atoms with E-state index in [0.29, 0.717) is 53.9 Å².